The molecule has 116 valence electrons. The van der Waals surface area contributed by atoms with E-state index in [4.69, 9.17) is 9.47 Å². The SMILES string of the molecule is CCOc1cccc(CNC2CC2)c1OCCC(=O)NC. The van der Waals surface area contributed by atoms with Gasteiger partial charge in [0, 0.05) is 25.2 Å². The summed E-state index contributed by atoms with van der Waals surface area (Å²) >= 11 is 0. The van der Waals surface area contributed by atoms with Gasteiger partial charge in [-0.1, -0.05) is 12.1 Å². The lowest BCUT2D eigenvalue weighted by Crippen LogP contribution is -2.21. The first-order valence-electron chi connectivity index (χ1n) is 7.56. The van der Waals surface area contributed by atoms with Crippen LogP contribution in [0.5, 0.6) is 11.5 Å². The van der Waals surface area contributed by atoms with Crippen molar-refractivity contribution in [3.63, 3.8) is 0 Å². The number of rotatable bonds is 9. The molecule has 0 unspecified atom stereocenters. The quantitative estimate of drug-likeness (QED) is 0.729. The number of benzene rings is 1. The highest BCUT2D eigenvalue weighted by Gasteiger charge is 2.21. The van der Waals surface area contributed by atoms with E-state index in [2.05, 4.69) is 10.6 Å². The lowest BCUT2D eigenvalue weighted by molar-refractivity contribution is -0.121. The van der Waals surface area contributed by atoms with Crippen molar-refractivity contribution in [2.24, 2.45) is 0 Å². The minimum Gasteiger partial charge on any atom is -0.490 e. The van der Waals surface area contributed by atoms with E-state index in [1.165, 1.54) is 12.8 Å². The lowest BCUT2D eigenvalue weighted by Gasteiger charge is -2.16. The average Bonchev–Trinajstić information content (AvgIpc) is 3.31. The van der Waals surface area contributed by atoms with Crippen LogP contribution in [0.25, 0.3) is 0 Å². The fourth-order valence-corrected chi connectivity index (χ4v) is 2.05. The Bertz CT molecular complexity index is 473. The monoisotopic (exact) mass is 292 g/mol. The van der Waals surface area contributed by atoms with Crippen molar-refractivity contribution >= 4 is 5.91 Å². The summed E-state index contributed by atoms with van der Waals surface area (Å²) in [6.45, 7) is 3.65. The number of amides is 1. The van der Waals surface area contributed by atoms with Crippen LogP contribution >= 0.6 is 0 Å². The van der Waals surface area contributed by atoms with E-state index < -0.39 is 0 Å². The van der Waals surface area contributed by atoms with Crippen LogP contribution < -0.4 is 20.1 Å². The highest BCUT2D eigenvalue weighted by molar-refractivity contribution is 5.75. The zero-order chi connectivity index (χ0) is 15.1. The standard InChI is InChI=1S/C16H24N2O3/c1-3-20-14-6-4-5-12(11-18-13-7-8-13)16(14)21-10-9-15(19)17-2/h4-6,13,18H,3,7-11H2,1-2H3,(H,17,19). The maximum absolute atomic E-state index is 11.3. The van der Waals surface area contributed by atoms with Gasteiger partial charge in [-0.05, 0) is 25.8 Å². The van der Waals surface area contributed by atoms with Crippen molar-refractivity contribution in [1.29, 1.82) is 0 Å². The Morgan fingerprint density at radius 1 is 1.33 bits per heavy atom. The van der Waals surface area contributed by atoms with Crippen LogP contribution in [-0.4, -0.2) is 32.2 Å². The van der Waals surface area contributed by atoms with Crippen molar-refractivity contribution in [2.75, 3.05) is 20.3 Å². The van der Waals surface area contributed by atoms with Gasteiger partial charge in [-0.3, -0.25) is 4.79 Å². The van der Waals surface area contributed by atoms with Crippen molar-refractivity contribution in [3.05, 3.63) is 23.8 Å². The van der Waals surface area contributed by atoms with Gasteiger partial charge in [-0.25, -0.2) is 0 Å². The number of nitrogens with one attached hydrogen (secondary N) is 2. The first kappa shape index (κ1) is 15.6. The van der Waals surface area contributed by atoms with E-state index in [1.807, 2.05) is 25.1 Å². The predicted octanol–water partition coefficient (Wildman–Crippen LogP) is 1.85. The Hall–Kier alpha value is -1.75. The zero-order valence-electron chi connectivity index (χ0n) is 12.8. The van der Waals surface area contributed by atoms with E-state index in [0.717, 1.165) is 23.6 Å². The van der Waals surface area contributed by atoms with Crippen LogP contribution in [0.1, 0.15) is 31.7 Å². The number of carbonyl (C=O) groups is 1. The normalized spacial score (nSPS) is 13.8. The van der Waals surface area contributed by atoms with Gasteiger partial charge in [0.1, 0.15) is 0 Å². The molecule has 1 aliphatic rings. The Morgan fingerprint density at radius 2 is 2.14 bits per heavy atom. The van der Waals surface area contributed by atoms with Crippen LogP contribution in [0.3, 0.4) is 0 Å². The molecule has 0 aliphatic heterocycles. The van der Waals surface area contributed by atoms with Crippen LogP contribution in [-0.2, 0) is 11.3 Å². The van der Waals surface area contributed by atoms with Gasteiger partial charge >= 0.3 is 0 Å². The summed E-state index contributed by atoms with van der Waals surface area (Å²) in [4.78, 5) is 11.3. The number of hydrogen-bond donors (Lipinski definition) is 2. The summed E-state index contributed by atoms with van der Waals surface area (Å²) in [5.41, 5.74) is 1.07. The molecule has 0 saturated heterocycles. The van der Waals surface area contributed by atoms with Gasteiger partial charge in [0.25, 0.3) is 0 Å². The van der Waals surface area contributed by atoms with E-state index in [-0.39, 0.29) is 5.91 Å². The van der Waals surface area contributed by atoms with Gasteiger partial charge in [-0.2, -0.15) is 0 Å². The van der Waals surface area contributed by atoms with E-state index in [0.29, 0.717) is 25.7 Å². The maximum atomic E-state index is 11.3. The molecule has 1 saturated carbocycles. The Balaban J connectivity index is 2.02. The molecule has 0 aromatic heterocycles. The topological polar surface area (TPSA) is 59.6 Å². The third-order valence-electron chi connectivity index (χ3n) is 3.37. The van der Waals surface area contributed by atoms with E-state index in [9.17, 15) is 4.79 Å². The molecule has 5 heteroatoms. The van der Waals surface area contributed by atoms with Crippen molar-refractivity contribution in [3.8, 4) is 11.5 Å². The summed E-state index contributed by atoms with van der Waals surface area (Å²) in [7, 11) is 1.63. The van der Waals surface area contributed by atoms with Crippen LogP contribution in [0.2, 0.25) is 0 Å². The smallest absolute Gasteiger partial charge is 0.223 e. The summed E-state index contributed by atoms with van der Waals surface area (Å²) < 4.78 is 11.5. The number of hydrogen-bond acceptors (Lipinski definition) is 4. The molecule has 0 heterocycles. The largest absolute Gasteiger partial charge is 0.490 e. The van der Waals surface area contributed by atoms with Crippen molar-refractivity contribution in [2.45, 2.75) is 38.8 Å². The molecular weight excluding hydrogens is 268 g/mol. The van der Waals surface area contributed by atoms with E-state index >= 15 is 0 Å². The summed E-state index contributed by atoms with van der Waals surface area (Å²) in [5.74, 6) is 1.46. The number of ether oxygens (including phenoxy) is 2. The molecule has 1 fully saturated rings. The molecule has 1 aromatic carbocycles. The highest BCUT2D eigenvalue weighted by Crippen LogP contribution is 2.32. The molecule has 0 spiro atoms. The zero-order valence-corrected chi connectivity index (χ0v) is 12.8. The lowest BCUT2D eigenvalue weighted by atomic mass is 10.2. The molecule has 2 N–H and O–H groups in total. The Kier molecular flexibility index (Phi) is 5.87. The van der Waals surface area contributed by atoms with Crippen LogP contribution in [0.15, 0.2) is 18.2 Å². The van der Waals surface area contributed by atoms with Crippen molar-refractivity contribution in [1.82, 2.24) is 10.6 Å². The molecule has 2 rings (SSSR count). The highest BCUT2D eigenvalue weighted by atomic mass is 16.5. The molecule has 1 amide bonds. The summed E-state index contributed by atoms with van der Waals surface area (Å²) in [6, 6.07) is 6.55. The first-order valence-corrected chi connectivity index (χ1v) is 7.56. The summed E-state index contributed by atoms with van der Waals surface area (Å²) in [6.07, 6.45) is 2.84. The third-order valence-corrected chi connectivity index (χ3v) is 3.37. The minimum absolute atomic E-state index is 0.0263. The predicted molar refractivity (Wildman–Crippen MR) is 81.7 cm³/mol. The van der Waals surface area contributed by atoms with Gasteiger partial charge < -0.3 is 20.1 Å². The molecule has 0 radical (unpaired) electrons. The second kappa shape index (κ2) is 7.88. The molecule has 1 aromatic rings. The molecule has 0 atom stereocenters. The van der Waals surface area contributed by atoms with E-state index in [1.54, 1.807) is 7.05 Å². The fraction of sp³-hybridized carbons (Fsp3) is 0.562. The average molecular weight is 292 g/mol. The summed E-state index contributed by atoms with van der Waals surface area (Å²) in [5, 5.41) is 6.07. The molecular formula is C16H24N2O3. The van der Waals surface area contributed by atoms with Gasteiger partial charge in [-0.15, -0.1) is 0 Å². The Morgan fingerprint density at radius 3 is 2.81 bits per heavy atom. The number of carbonyl (C=O) groups excluding carboxylic acids is 1. The number of para-hydroxylation sites is 1. The van der Waals surface area contributed by atoms with Crippen molar-refractivity contribution < 1.29 is 14.3 Å². The molecule has 5 nitrogen and oxygen atoms in total. The minimum atomic E-state index is -0.0263. The van der Waals surface area contributed by atoms with Gasteiger partial charge in [0.2, 0.25) is 5.91 Å². The molecule has 0 bridgehead atoms. The van der Waals surface area contributed by atoms with Gasteiger partial charge in [0.05, 0.1) is 19.6 Å². The fourth-order valence-electron chi connectivity index (χ4n) is 2.05. The van der Waals surface area contributed by atoms with Gasteiger partial charge in [0.15, 0.2) is 11.5 Å². The van der Waals surface area contributed by atoms with Crippen LogP contribution in [0.4, 0.5) is 0 Å². The van der Waals surface area contributed by atoms with Crippen LogP contribution in [0, 0.1) is 0 Å². The first-order chi connectivity index (χ1) is 10.2. The molecule has 21 heavy (non-hydrogen) atoms. The second-order valence-electron chi connectivity index (χ2n) is 5.10. The molecule has 1 aliphatic carbocycles. The maximum Gasteiger partial charge on any atom is 0.223 e. The third kappa shape index (κ3) is 4.93. The Labute approximate surface area is 126 Å². The second-order valence-corrected chi connectivity index (χ2v) is 5.10.